The molecule has 19 heavy (non-hydrogen) atoms. The fraction of sp³-hybridized carbons (Fsp3) is 0.429. The van der Waals surface area contributed by atoms with Crippen LogP contribution in [0.4, 0.5) is 0 Å². The number of ether oxygens (including phenoxy) is 2. The Morgan fingerprint density at radius 3 is 2.74 bits per heavy atom. The minimum absolute atomic E-state index is 0.0686. The molecule has 2 atom stereocenters. The zero-order valence-electron chi connectivity index (χ0n) is 10.5. The zero-order valence-corrected chi connectivity index (χ0v) is 12.0. The average molecular weight is 323 g/mol. The first kappa shape index (κ1) is 13.0. The molecule has 3 rings (SSSR count). The molecule has 5 heteroatoms. The molecule has 0 spiro atoms. The summed E-state index contributed by atoms with van der Waals surface area (Å²) in [6.07, 6.45) is 4.34. The Bertz CT molecular complexity index is 481. The molecule has 0 bridgehead atoms. The highest BCUT2D eigenvalue weighted by Gasteiger charge is 2.35. The number of nitrogens with zero attached hydrogens (tertiary/aromatic N) is 2. The lowest BCUT2D eigenvalue weighted by Crippen LogP contribution is -2.36. The Hall–Kier alpha value is -1.04. The summed E-state index contributed by atoms with van der Waals surface area (Å²) in [6, 6.07) is 8.19. The fourth-order valence-corrected chi connectivity index (χ4v) is 2.70. The van der Waals surface area contributed by atoms with Crippen LogP contribution in [0.2, 0.25) is 0 Å². The van der Waals surface area contributed by atoms with Crippen molar-refractivity contribution >= 4 is 28.5 Å². The molecule has 4 nitrogen and oxygen atoms in total. The summed E-state index contributed by atoms with van der Waals surface area (Å²) in [6.45, 7) is 1.96. The topological polar surface area (TPSA) is 43.2 Å². The molecule has 1 aromatic carbocycles. The molecule has 0 aromatic heterocycles. The van der Waals surface area contributed by atoms with Gasteiger partial charge in [0, 0.05) is 17.1 Å². The highest BCUT2D eigenvalue weighted by molar-refractivity contribution is 9.10. The third kappa shape index (κ3) is 2.78. The molecule has 2 heterocycles. The molecule has 1 saturated heterocycles. The van der Waals surface area contributed by atoms with E-state index in [0.717, 1.165) is 16.5 Å². The van der Waals surface area contributed by atoms with Gasteiger partial charge in [0.1, 0.15) is 11.9 Å². The van der Waals surface area contributed by atoms with Crippen molar-refractivity contribution in [1.82, 2.24) is 0 Å². The van der Waals surface area contributed by atoms with E-state index in [1.54, 1.807) is 6.34 Å². The van der Waals surface area contributed by atoms with Crippen molar-refractivity contribution in [3.8, 4) is 0 Å². The summed E-state index contributed by atoms with van der Waals surface area (Å²) in [5.74, 6) is 0. The van der Waals surface area contributed by atoms with Crippen LogP contribution >= 0.6 is 15.9 Å². The number of rotatable bonds is 3. The van der Waals surface area contributed by atoms with E-state index in [2.05, 4.69) is 38.0 Å². The number of aliphatic imine (C=N–C) groups is 2. The van der Waals surface area contributed by atoms with Crippen LogP contribution in [0.3, 0.4) is 0 Å². The second kappa shape index (κ2) is 5.53. The van der Waals surface area contributed by atoms with Crippen LogP contribution in [-0.4, -0.2) is 38.5 Å². The second-order valence-corrected chi connectivity index (χ2v) is 5.64. The van der Waals surface area contributed by atoms with Crippen LogP contribution in [0, 0.1) is 0 Å². The van der Waals surface area contributed by atoms with Gasteiger partial charge in [-0.15, -0.1) is 0 Å². The summed E-state index contributed by atoms with van der Waals surface area (Å²) in [7, 11) is 0. The van der Waals surface area contributed by atoms with Crippen LogP contribution in [0.1, 0.15) is 12.0 Å². The van der Waals surface area contributed by atoms with Gasteiger partial charge < -0.3 is 9.47 Å². The monoisotopic (exact) mass is 322 g/mol. The summed E-state index contributed by atoms with van der Waals surface area (Å²) in [5.41, 5.74) is 0.717. The summed E-state index contributed by atoms with van der Waals surface area (Å²) in [5, 5.41) is 0. The van der Waals surface area contributed by atoms with Crippen molar-refractivity contribution in [2.75, 3.05) is 19.8 Å². The molecular formula is C14H15BrN2O2. The number of halogens is 1. The fourth-order valence-electron chi connectivity index (χ4n) is 2.44. The van der Waals surface area contributed by atoms with Gasteiger partial charge >= 0.3 is 0 Å². The molecule has 2 aliphatic rings. The third-order valence-electron chi connectivity index (χ3n) is 3.41. The van der Waals surface area contributed by atoms with Gasteiger partial charge in [0.25, 0.3) is 0 Å². The van der Waals surface area contributed by atoms with Gasteiger partial charge in [-0.2, -0.15) is 0 Å². The molecule has 1 fully saturated rings. The molecule has 0 saturated carbocycles. The summed E-state index contributed by atoms with van der Waals surface area (Å²) in [4.78, 5) is 8.74. The lowest BCUT2D eigenvalue weighted by atomic mass is 9.86. The maximum atomic E-state index is 5.74. The third-order valence-corrected chi connectivity index (χ3v) is 3.94. The predicted molar refractivity (Wildman–Crippen MR) is 78.0 cm³/mol. The van der Waals surface area contributed by atoms with Gasteiger partial charge in [0.2, 0.25) is 0 Å². The van der Waals surface area contributed by atoms with Crippen LogP contribution in [-0.2, 0) is 15.0 Å². The van der Waals surface area contributed by atoms with Crippen LogP contribution in [0.15, 0.2) is 38.7 Å². The number of benzene rings is 1. The molecule has 100 valence electrons. The van der Waals surface area contributed by atoms with E-state index in [0.29, 0.717) is 19.8 Å². The van der Waals surface area contributed by atoms with E-state index in [1.807, 2.05) is 18.3 Å². The van der Waals surface area contributed by atoms with Crippen LogP contribution < -0.4 is 0 Å². The SMILES string of the molecule is Brc1ccc(C2(CC3COCCO3)C=NC=N2)cc1. The number of hydrogen-bond acceptors (Lipinski definition) is 4. The van der Waals surface area contributed by atoms with Crippen molar-refractivity contribution in [3.63, 3.8) is 0 Å². The molecule has 1 aromatic rings. The first-order valence-corrected chi connectivity index (χ1v) is 7.11. The van der Waals surface area contributed by atoms with Crippen molar-refractivity contribution < 1.29 is 9.47 Å². The predicted octanol–water partition coefficient (Wildman–Crippen LogP) is 2.56. The first-order valence-electron chi connectivity index (χ1n) is 6.32. The Balaban J connectivity index is 1.84. The van der Waals surface area contributed by atoms with Gasteiger partial charge in [-0.3, -0.25) is 4.99 Å². The Morgan fingerprint density at radius 1 is 1.26 bits per heavy atom. The quantitative estimate of drug-likeness (QED) is 0.858. The zero-order chi connectivity index (χ0) is 13.1. The summed E-state index contributed by atoms with van der Waals surface area (Å²) >= 11 is 3.45. The van der Waals surface area contributed by atoms with Gasteiger partial charge in [0.15, 0.2) is 0 Å². The molecular weight excluding hydrogens is 308 g/mol. The Kier molecular flexibility index (Phi) is 3.77. The minimum atomic E-state index is -0.411. The van der Waals surface area contributed by atoms with E-state index in [4.69, 9.17) is 9.47 Å². The molecule has 0 N–H and O–H groups in total. The second-order valence-electron chi connectivity index (χ2n) is 4.73. The number of hydrogen-bond donors (Lipinski definition) is 0. The lowest BCUT2D eigenvalue weighted by molar-refractivity contribution is -0.0945. The normalized spacial score (nSPS) is 29.8. The van der Waals surface area contributed by atoms with E-state index in [9.17, 15) is 0 Å². The van der Waals surface area contributed by atoms with Gasteiger partial charge in [-0.25, -0.2) is 4.99 Å². The molecule has 0 aliphatic carbocycles. The van der Waals surface area contributed by atoms with E-state index < -0.39 is 5.54 Å². The summed E-state index contributed by atoms with van der Waals surface area (Å²) < 4.78 is 12.3. The highest BCUT2D eigenvalue weighted by atomic mass is 79.9. The average Bonchev–Trinajstić information content (AvgIpc) is 2.90. The maximum absolute atomic E-state index is 5.74. The molecule has 0 amide bonds. The van der Waals surface area contributed by atoms with Gasteiger partial charge in [-0.05, 0) is 17.7 Å². The van der Waals surface area contributed by atoms with Crippen molar-refractivity contribution in [2.45, 2.75) is 18.1 Å². The minimum Gasteiger partial charge on any atom is -0.376 e. The van der Waals surface area contributed by atoms with E-state index >= 15 is 0 Å². The highest BCUT2D eigenvalue weighted by Crippen LogP contribution is 2.33. The van der Waals surface area contributed by atoms with Crippen molar-refractivity contribution in [1.29, 1.82) is 0 Å². The van der Waals surface area contributed by atoms with Crippen molar-refractivity contribution in [2.24, 2.45) is 9.98 Å². The molecule has 0 radical (unpaired) electrons. The van der Waals surface area contributed by atoms with Crippen LogP contribution in [0.5, 0.6) is 0 Å². The van der Waals surface area contributed by atoms with Gasteiger partial charge in [0.05, 0.1) is 25.9 Å². The van der Waals surface area contributed by atoms with Gasteiger partial charge in [-0.1, -0.05) is 28.1 Å². The van der Waals surface area contributed by atoms with Crippen LogP contribution in [0.25, 0.3) is 0 Å². The van der Waals surface area contributed by atoms with Crippen molar-refractivity contribution in [3.05, 3.63) is 34.3 Å². The van der Waals surface area contributed by atoms with E-state index in [1.165, 1.54) is 0 Å². The maximum Gasteiger partial charge on any atom is 0.125 e. The largest absolute Gasteiger partial charge is 0.376 e. The van der Waals surface area contributed by atoms with E-state index in [-0.39, 0.29) is 6.10 Å². The smallest absolute Gasteiger partial charge is 0.125 e. The standard InChI is InChI=1S/C14H15BrN2O2/c15-12-3-1-11(2-4-12)14(9-16-10-17-14)7-13-8-18-5-6-19-13/h1-4,9-10,13H,5-8H2. The first-order chi connectivity index (χ1) is 9.28. The molecule has 2 unspecified atom stereocenters. The Labute approximate surface area is 120 Å². The molecule has 2 aliphatic heterocycles. The Morgan fingerprint density at radius 2 is 2.11 bits per heavy atom. The lowest BCUT2D eigenvalue weighted by Gasteiger charge is -2.30.